The molecule has 0 bridgehead atoms. The molecule has 4 rings (SSSR count). The summed E-state index contributed by atoms with van der Waals surface area (Å²) in [4.78, 5) is 2.57. The van der Waals surface area contributed by atoms with Gasteiger partial charge in [-0.25, -0.2) is 0 Å². The van der Waals surface area contributed by atoms with E-state index in [9.17, 15) is 0 Å². The van der Waals surface area contributed by atoms with E-state index in [1.54, 1.807) is 0 Å². The number of benzene rings is 2. The highest BCUT2D eigenvalue weighted by molar-refractivity contribution is 5.35. The fourth-order valence-electron chi connectivity index (χ4n) is 3.13. The van der Waals surface area contributed by atoms with Crippen LogP contribution in [0, 0.1) is 5.92 Å². The van der Waals surface area contributed by atoms with Gasteiger partial charge in [-0.3, -0.25) is 4.90 Å². The Balaban J connectivity index is 1.64. The van der Waals surface area contributed by atoms with Crippen molar-refractivity contribution in [1.82, 2.24) is 4.90 Å². The molecule has 0 N–H and O–H groups in total. The third-order valence-electron chi connectivity index (χ3n) is 4.44. The molecule has 21 heavy (non-hydrogen) atoms. The second kappa shape index (κ2) is 5.53. The van der Waals surface area contributed by atoms with Gasteiger partial charge in [0.05, 0.1) is 0 Å². The van der Waals surface area contributed by atoms with Crippen molar-refractivity contribution in [2.75, 3.05) is 13.1 Å². The van der Waals surface area contributed by atoms with Gasteiger partial charge in [0.15, 0.2) is 0 Å². The molecule has 1 aliphatic heterocycles. The van der Waals surface area contributed by atoms with Gasteiger partial charge in [-0.1, -0.05) is 48.5 Å². The summed E-state index contributed by atoms with van der Waals surface area (Å²) >= 11 is 0. The predicted octanol–water partition coefficient (Wildman–Crippen LogP) is 4.03. The van der Waals surface area contributed by atoms with Crippen molar-refractivity contribution in [3.63, 3.8) is 0 Å². The molecule has 0 radical (unpaired) electrons. The van der Waals surface area contributed by atoms with Gasteiger partial charge in [-0.15, -0.1) is 0 Å². The van der Waals surface area contributed by atoms with Crippen LogP contribution < -0.4 is 4.74 Å². The maximum absolute atomic E-state index is 6.33. The van der Waals surface area contributed by atoms with Crippen LogP contribution in [0.5, 0.6) is 5.75 Å². The summed E-state index contributed by atoms with van der Waals surface area (Å²) < 4.78 is 6.33. The molecule has 1 atom stereocenters. The van der Waals surface area contributed by atoms with Crippen LogP contribution in [0.3, 0.4) is 0 Å². The van der Waals surface area contributed by atoms with Crippen molar-refractivity contribution < 1.29 is 4.74 Å². The van der Waals surface area contributed by atoms with Crippen molar-refractivity contribution in [2.45, 2.75) is 25.5 Å². The topological polar surface area (TPSA) is 12.5 Å². The zero-order valence-corrected chi connectivity index (χ0v) is 12.2. The van der Waals surface area contributed by atoms with Crippen LogP contribution in [0.4, 0.5) is 0 Å². The smallest absolute Gasteiger partial charge is 0.136 e. The number of hydrogen-bond acceptors (Lipinski definition) is 2. The Morgan fingerprint density at radius 1 is 0.952 bits per heavy atom. The summed E-state index contributed by atoms with van der Waals surface area (Å²) in [6.45, 7) is 3.20. The first-order valence-corrected chi connectivity index (χ1v) is 7.90. The Labute approximate surface area is 126 Å². The summed E-state index contributed by atoms with van der Waals surface area (Å²) in [5.41, 5.74) is 2.59. The van der Waals surface area contributed by atoms with Gasteiger partial charge in [0.25, 0.3) is 0 Å². The molecule has 1 fully saturated rings. The fraction of sp³-hybridized carbons (Fsp3) is 0.368. The molecule has 2 heteroatoms. The Morgan fingerprint density at radius 3 is 2.52 bits per heavy atom. The molecule has 2 nitrogen and oxygen atoms in total. The van der Waals surface area contributed by atoms with E-state index in [1.165, 1.54) is 30.5 Å². The van der Waals surface area contributed by atoms with E-state index in [0.717, 1.165) is 24.8 Å². The van der Waals surface area contributed by atoms with Crippen LogP contribution in [0.1, 0.15) is 30.1 Å². The zero-order chi connectivity index (χ0) is 14.1. The van der Waals surface area contributed by atoms with Crippen molar-refractivity contribution in [3.8, 4) is 5.75 Å². The Morgan fingerprint density at radius 2 is 1.71 bits per heavy atom. The summed E-state index contributed by atoms with van der Waals surface area (Å²) in [5.74, 6) is 1.95. The van der Waals surface area contributed by atoms with E-state index in [-0.39, 0.29) is 6.10 Å². The Hall–Kier alpha value is -1.80. The average Bonchev–Trinajstić information content (AvgIpc) is 3.34. The lowest BCUT2D eigenvalue weighted by molar-refractivity contribution is 0.145. The van der Waals surface area contributed by atoms with Gasteiger partial charge in [-0.05, 0) is 30.4 Å². The van der Waals surface area contributed by atoms with Crippen LogP contribution in [-0.4, -0.2) is 18.0 Å². The second-order valence-corrected chi connectivity index (χ2v) is 6.26. The highest BCUT2D eigenvalue weighted by Gasteiger charge is 2.29. The molecule has 2 aliphatic rings. The van der Waals surface area contributed by atoms with Crippen molar-refractivity contribution >= 4 is 0 Å². The minimum Gasteiger partial charge on any atom is -0.484 e. The number of nitrogens with zero attached hydrogens (tertiary/aromatic N) is 1. The standard InChI is InChI=1S/C19H21NO/c1-2-6-16(7-3-1)19-14-20(12-15-10-11-15)13-17-8-4-5-9-18(17)21-19/h1-9,15,19H,10-14H2. The predicted molar refractivity (Wildman–Crippen MR) is 84.3 cm³/mol. The monoisotopic (exact) mass is 279 g/mol. The fourth-order valence-corrected chi connectivity index (χ4v) is 3.13. The van der Waals surface area contributed by atoms with Gasteiger partial charge >= 0.3 is 0 Å². The third-order valence-corrected chi connectivity index (χ3v) is 4.44. The van der Waals surface area contributed by atoms with Crippen molar-refractivity contribution in [3.05, 3.63) is 65.7 Å². The van der Waals surface area contributed by atoms with Crippen LogP contribution in [0.2, 0.25) is 0 Å². The van der Waals surface area contributed by atoms with E-state index < -0.39 is 0 Å². The highest BCUT2D eigenvalue weighted by Crippen LogP contribution is 2.35. The van der Waals surface area contributed by atoms with Gasteiger partial charge in [0, 0.05) is 25.2 Å². The minimum absolute atomic E-state index is 0.133. The first-order valence-electron chi connectivity index (χ1n) is 7.90. The molecular formula is C19H21NO. The Kier molecular flexibility index (Phi) is 3.40. The van der Waals surface area contributed by atoms with Gasteiger partial charge in [0.1, 0.15) is 11.9 Å². The summed E-state index contributed by atoms with van der Waals surface area (Å²) in [7, 11) is 0. The van der Waals surface area contributed by atoms with Crippen molar-refractivity contribution in [1.29, 1.82) is 0 Å². The Bertz CT molecular complexity index is 606. The molecule has 1 heterocycles. The lowest BCUT2D eigenvalue weighted by Gasteiger charge is -2.24. The van der Waals surface area contributed by atoms with E-state index in [4.69, 9.17) is 4.74 Å². The number of fused-ring (bicyclic) bond motifs is 1. The first kappa shape index (κ1) is 12.9. The molecule has 108 valence electrons. The summed E-state index contributed by atoms with van der Waals surface area (Å²) in [6.07, 6.45) is 2.93. The second-order valence-electron chi connectivity index (χ2n) is 6.26. The van der Waals surface area contributed by atoms with Crippen LogP contribution >= 0.6 is 0 Å². The third kappa shape index (κ3) is 2.96. The molecule has 0 amide bonds. The highest BCUT2D eigenvalue weighted by atomic mass is 16.5. The molecule has 0 saturated heterocycles. The maximum Gasteiger partial charge on any atom is 0.136 e. The maximum atomic E-state index is 6.33. The van der Waals surface area contributed by atoms with Gasteiger partial charge in [-0.2, -0.15) is 0 Å². The molecule has 1 saturated carbocycles. The minimum atomic E-state index is 0.133. The molecular weight excluding hydrogens is 258 g/mol. The number of para-hydroxylation sites is 1. The lowest BCUT2D eigenvalue weighted by atomic mass is 10.1. The molecule has 0 aromatic heterocycles. The van der Waals surface area contributed by atoms with E-state index in [2.05, 4.69) is 59.5 Å². The molecule has 2 aromatic carbocycles. The van der Waals surface area contributed by atoms with Gasteiger partial charge < -0.3 is 4.74 Å². The van der Waals surface area contributed by atoms with Crippen LogP contribution in [0.15, 0.2) is 54.6 Å². The zero-order valence-electron chi connectivity index (χ0n) is 12.2. The van der Waals surface area contributed by atoms with Gasteiger partial charge in [0.2, 0.25) is 0 Å². The number of hydrogen-bond donors (Lipinski definition) is 0. The SMILES string of the molecule is c1ccc(C2CN(CC3CC3)Cc3ccccc3O2)cc1. The number of ether oxygens (including phenoxy) is 1. The first-order chi connectivity index (χ1) is 10.4. The van der Waals surface area contributed by atoms with Crippen LogP contribution in [-0.2, 0) is 6.54 Å². The van der Waals surface area contributed by atoms with E-state index >= 15 is 0 Å². The normalized spacial score (nSPS) is 22.2. The molecule has 1 unspecified atom stereocenters. The average molecular weight is 279 g/mol. The summed E-state index contributed by atoms with van der Waals surface area (Å²) in [5, 5.41) is 0. The largest absolute Gasteiger partial charge is 0.484 e. The molecule has 2 aromatic rings. The van der Waals surface area contributed by atoms with Crippen molar-refractivity contribution in [2.24, 2.45) is 5.92 Å². The quantitative estimate of drug-likeness (QED) is 0.841. The van der Waals surface area contributed by atoms with Crippen LogP contribution in [0.25, 0.3) is 0 Å². The number of rotatable bonds is 3. The van der Waals surface area contributed by atoms with E-state index in [1.807, 2.05) is 0 Å². The van der Waals surface area contributed by atoms with E-state index in [0.29, 0.717) is 0 Å². The molecule has 1 aliphatic carbocycles. The summed E-state index contributed by atoms with van der Waals surface area (Å²) in [6, 6.07) is 19.1. The molecule has 0 spiro atoms. The lowest BCUT2D eigenvalue weighted by Crippen LogP contribution is -2.30.